The number of hydrogen-bond acceptors (Lipinski definition) is 2. The number of carboxylic acid groups (broad SMARTS) is 1. The fraction of sp³-hybridized carbons (Fsp3) is 0.556. The third-order valence-electron chi connectivity index (χ3n) is 1.78. The van der Waals surface area contributed by atoms with Crippen LogP contribution in [0.25, 0.3) is 0 Å². The van der Waals surface area contributed by atoms with E-state index in [0.717, 1.165) is 6.20 Å². The van der Waals surface area contributed by atoms with Crippen molar-refractivity contribution in [3.05, 3.63) is 17.5 Å². The van der Waals surface area contributed by atoms with E-state index in [1.54, 1.807) is 0 Å². The van der Waals surface area contributed by atoms with Crippen LogP contribution in [-0.2, 0) is 6.54 Å². The SMILES string of the molecule is CC(C)Cn1cc(C(=O)O)c(C(F)F)n1. The Balaban J connectivity index is 3.04. The van der Waals surface area contributed by atoms with Crippen molar-refractivity contribution in [1.82, 2.24) is 9.78 Å². The van der Waals surface area contributed by atoms with E-state index in [1.165, 1.54) is 4.68 Å². The summed E-state index contributed by atoms with van der Waals surface area (Å²) in [6, 6.07) is 0. The molecule has 15 heavy (non-hydrogen) atoms. The first-order valence-corrected chi connectivity index (χ1v) is 4.50. The van der Waals surface area contributed by atoms with Crippen LogP contribution >= 0.6 is 0 Å². The molecule has 1 N–H and O–H groups in total. The lowest BCUT2D eigenvalue weighted by Gasteiger charge is -2.03. The highest BCUT2D eigenvalue weighted by Gasteiger charge is 2.22. The molecule has 1 heterocycles. The van der Waals surface area contributed by atoms with Gasteiger partial charge in [0.05, 0.1) is 0 Å². The van der Waals surface area contributed by atoms with E-state index in [0.29, 0.717) is 6.54 Å². The van der Waals surface area contributed by atoms with Crippen molar-refractivity contribution in [3.63, 3.8) is 0 Å². The summed E-state index contributed by atoms with van der Waals surface area (Å²) in [4.78, 5) is 10.6. The standard InChI is InChI=1S/C9H12F2N2O2/c1-5(2)3-13-4-6(9(14)15)7(12-13)8(10)11/h4-5,8H,3H2,1-2H3,(H,14,15). The van der Waals surface area contributed by atoms with Crippen LogP contribution in [0.1, 0.15) is 36.3 Å². The number of alkyl halides is 2. The predicted molar refractivity (Wildman–Crippen MR) is 49.0 cm³/mol. The quantitative estimate of drug-likeness (QED) is 0.842. The van der Waals surface area contributed by atoms with Crippen LogP contribution in [0.4, 0.5) is 8.78 Å². The molecule has 0 amide bonds. The average molecular weight is 218 g/mol. The van der Waals surface area contributed by atoms with Crippen molar-refractivity contribution in [3.8, 4) is 0 Å². The Hall–Kier alpha value is -1.46. The molecule has 0 saturated carbocycles. The number of aromatic carboxylic acids is 1. The number of carbonyl (C=O) groups is 1. The number of aromatic nitrogens is 2. The van der Waals surface area contributed by atoms with E-state index < -0.39 is 23.7 Å². The maximum atomic E-state index is 12.4. The van der Waals surface area contributed by atoms with E-state index in [2.05, 4.69) is 5.10 Å². The van der Waals surface area contributed by atoms with Crippen molar-refractivity contribution in [2.45, 2.75) is 26.8 Å². The predicted octanol–water partition coefficient (Wildman–Crippen LogP) is 2.17. The van der Waals surface area contributed by atoms with Crippen LogP contribution in [0, 0.1) is 5.92 Å². The average Bonchev–Trinajstić information content (AvgIpc) is 2.46. The second kappa shape index (κ2) is 4.37. The highest BCUT2D eigenvalue weighted by atomic mass is 19.3. The Morgan fingerprint density at radius 3 is 2.53 bits per heavy atom. The van der Waals surface area contributed by atoms with Crippen molar-refractivity contribution >= 4 is 5.97 Å². The lowest BCUT2D eigenvalue weighted by molar-refractivity contribution is 0.0684. The number of carboxylic acids is 1. The molecular weight excluding hydrogens is 206 g/mol. The summed E-state index contributed by atoms with van der Waals surface area (Å²) in [6.07, 6.45) is -1.71. The second-order valence-electron chi connectivity index (χ2n) is 3.65. The summed E-state index contributed by atoms with van der Waals surface area (Å²) < 4.78 is 26.0. The Morgan fingerprint density at radius 1 is 1.60 bits per heavy atom. The normalized spacial score (nSPS) is 11.3. The molecule has 6 heteroatoms. The Kier molecular flexibility index (Phi) is 3.39. The molecule has 1 aromatic rings. The molecule has 0 saturated heterocycles. The monoisotopic (exact) mass is 218 g/mol. The van der Waals surface area contributed by atoms with Crippen LogP contribution in [0.3, 0.4) is 0 Å². The highest BCUT2D eigenvalue weighted by Crippen LogP contribution is 2.21. The third kappa shape index (κ3) is 2.74. The van der Waals surface area contributed by atoms with Gasteiger partial charge in [-0.3, -0.25) is 4.68 Å². The minimum atomic E-state index is -2.86. The molecule has 0 bridgehead atoms. The fourth-order valence-electron chi connectivity index (χ4n) is 1.23. The molecule has 0 aliphatic rings. The van der Waals surface area contributed by atoms with Crippen LogP contribution in [0.15, 0.2) is 6.20 Å². The first-order valence-electron chi connectivity index (χ1n) is 4.50. The van der Waals surface area contributed by atoms with Crippen LogP contribution in [0.5, 0.6) is 0 Å². The Labute approximate surface area is 85.5 Å². The van der Waals surface area contributed by atoms with Crippen molar-refractivity contribution in [2.24, 2.45) is 5.92 Å². The van der Waals surface area contributed by atoms with Gasteiger partial charge in [0.2, 0.25) is 0 Å². The molecule has 4 nitrogen and oxygen atoms in total. The fourth-order valence-corrected chi connectivity index (χ4v) is 1.23. The molecule has 0 fully saturated rings. The topological polar surface area (TPSA) is 55.1 Å². The zero-order valence-corrected chi connectivity index (χ0v) is 8.44. The number of nitrogens with zero attached hydrogens (tertiary/aromatic N) is 2. The summed E-state index contributed by atoms with van der Waals surface area (Å²) in [5, 5.41) is 12.2. The number of hydrogen-bond donors (Lipinski definition) is 1. The van der Waals surface area contributed by atoms with Crippen molar-refractivity contribution in [1.29, 1.82) is 0 Å². The van der Waals surface area contributed by atoms with Gasteiger partial charge in [0, 0.05) is 12.7 Å². The van der Waals surface area contributed by atoms with Crippen LogP contribution in [0.2, 0.25) is 0 Å². The van der Waals surface area contributed by atoms with E-state index in [-0.39, 0.29) is 5.92 Å². The smallest absolute Gasteiger partial charge is 0.339 e. The van der Waals surface area contributed by atoms with Crippen molar-refractivity contribution in [2.75, 3.05) is 0 Å². The van der Waals surface area contributed by atoms with Gasteiger partial charge in [0.1, 0.15) is 11.3 Å². The van der Waals surface area contributed by atoms with E-state index in [1.807, 2.05) is 13.8 Å². The molecule has 0 aliphatic carbocycles. The van der Waals surface area contributed by atoms with Gasteiger partial charge in [-0.15, -0.1) is 0 Å². The molecule has 1 aromatic heterocycles. The molecule has 1 rings (SSSR count). The second-order valence-corrected chi connectivity index (χ2v) is 3.65. The van der Waals surface area contributed by atoms with Gasteiger partial charge in [-0.25, -0.2) is 13.6 Å². The zero-order chi connectivity index (χ0) is 11.6. The van der Waals surface area contributed by atoms with Crippen molar-refractivity contribution < 1.29 is 18.7 Å². The summed E-state index contributed by atoms with van der Waals surface area (Å²) in [5.41, 5.74) is -1.09. The molecule has 0 unspecified atom stereocenters. The number of rotatable bonds is 4. The minimum Gasteiger partial charge on any atom is -0.478 e. The van der Waals surface area contributed by atoms with Gasteiger partial charge in [0.15, 0.2) is 0 Å². The Morgan fingerprint density at radius 2 is 2.20 bits per heavy atom. The van der Waals surface area contributed by atoms with Gasteiger partial charge < -0.3 is 5.11 Å². The lowest BCUT2D eigenvalue weighted by atomic mass is 10.2. The molecule has 0 atom stereocenters. The van der Waals surface area contributed by atoms with Gasteiger partial charge in [-0.05, 0) is 5.92 Å². The van der Waals surface area contributed by atoms with Gasteiger partial charge >= 0.3 is 5.97 Å². The first-order chi connectivity index (χ1) is 6.91. The third-order valence-corrected chi connectivity index (χ3v) is 1.78. The summed E-state index contributed by atoms with van der Waals surface area (Å²) in [5.74, 6) is -1.16. The lowest BCUT2D eigenvalue weighted by Crippen LogP contribution is -2.05. The van der Waals surface area contributed by atoms with E-state index in [9.17, 15) is 13.6 Å². The van der Waals surface area contributed by atoms with Gasteiger partial charge in [-0.2, -0.15) is 5.10 Å². The molecule has 0 radical (unpaired) electrons. The van der Waals surface area contributed by atoms with E-state index in [4.69, 9.17) is 5.11 Å². The van der Waals surface area contributed by atoms with Gasteiger partial charge in [0.25, 0.3) is 6.43 Å². The van der Waals surface area contributed by atoms with E-state index >= 15 is 0 Å². The maximum absolute atomic E-state index is 12.4. The van der Waals surface area contributed by atoms with Crippen LogP contribution in [-0.4, -0.2) is 20.9 Å². The summed E-state index contributed by atoms with van der Waals surface area (Å²) >= 11 is 0. The molecular formula is C9H12F2N2O2. The Bertz CT molecular complexity index is 361. The largest absolute Gasteiger partial charge is 0.478 e. The molecule has 84 valence electrons. The molecule has 0 aromatic carbocycles. The zero-order valence-electron chi connectivity index (χ0n) is 8.44. The molecule has 0 aliphatic heterocycles. The molecule has 0 spiro atoms. The summed E-state index contributed by atoms with van der Waals surface area (Å²) in [7, 11) is 0. The van der Waals surface area contributed by atoms with Gasteiger partial charge in [-0.1, -0.05) is 13.8 Å². The van der Waals surface area contributed by atoms with Crippen LogP contribution < -0.4 is 0 Å². The number of halogens is 2. The highest BCUT2D eigenvalue weighted by molar-refractivity contribution is 5.88. The first kappa shape index (κ1) is 11.6. The summed E-state index contributed by atoms with van der Waals surface area (Å²) in [6.45, 7) is 4.21. The maximum Gasteiger partial charge on any atom is 0.339 e. The minimum absolute atomic E-state index is 0.220.